The van der Waals surface area contributed by atoms with Crippen LogP contribution in [-0.2, 0) is 0 Å². The van der Waals surface area contributed by atoms with Gasteiger partial charge in [0, 0.05) is 73.7 Å². The van der Waals surface area contributed by atoms with Crippen molar-refractivity contribution in [2.24, 2.45) is 0 Å². The van der Waals surface area contributed by atoms with Crippen molar-refractivity contribution >= 4 is 102 Å². The summed E-state index contributed by atoms with van der Waals surface area (Å²) in [7, 11) is 0. The summed E-state index contributed by atoms with van der Waals surface area (Å²) in [4.78, 5) is 2.39. The van der Waals surface area contributed by atoms with Crippen LogP contribution in [0.2, 0.25) is 0 Å². The van der Waals surface area contributed by atoms with E-state index in [1.807, 2.05) is 34.8 Å². The molecular weight excluding hydrogens is 743 g/mol. The zero-order valence-electron chi connectivity index (χ0n) is 31.2. The lowest BCUT2D eigenvalue weighted by Gasteiger charge is -2.27. The van der Waals surface area contributed by atoms with Gasteiger partial charge in [0.05, 0.1) is 0 Å². The van der Waals surface area contributed by atoms with Gasteiger partial charge in [-0.2, -0.15) is 0 Å². The highest BCUT2D eigenvalue weighted by atomic mass is 32.1. The summed E-state index contributed by atoms with van der Waals surface area (Å²) < 4.78 is 11.8. The number of anilines is 3. The molecule has 0 aliphatic heterocycles. The minimum Gasteiger partial charge on any atom is -0.455 e. The zero-order valence-corrected chi connectivity index (χ0v) is 32.9. The van der Waals surface area contributed by atoms with Crippen LogP contribution in [0.1, 0.15) is 0 Å². The number of thiophene rings is 2. The second-order valence-electron chi connectivity index (χ2n) is 14.9. The maximum Gasteiger partial charge on any atom is 0.143 e. The molecule has 0 radical (unpaired) electrons. The molecule has 0 saturated heterocycles. The van der Waals surface area contributed by atoms with Crippen LogP contribution in [0.5, 0.6) is 0 Å². The van der Waals surface area contributed by atoms with Crippen molar-refractivity contribution in [3.63, 3.8) is 0 Å². The number of para-hydroxylation sites is 2. The van der Waals surface area contributed by atoms with Crippen LogP contribution in [0.4, 0.5) is 17.1 Å². The Morgan fingerprint density at radius 1 is 0.328 bits per heavy atom. The quantitative estimate of drug-likeness (QED) is 0.167. The first-order valence-electron chi connectivity index (χ1n) is 19.6. The van der Waals surface area contributed by atoms with Crippen LogP contribution in [0.25, 0.3) is 95.7 Å². The molecule has 0 saturated carbocycles. The summed E-state index contributed by atoms with van der Waals surface area (Å²) in [5, 5.41) is 7.50. The van der Waals surface area contributed by atoms with Gasteiger partial charge < -0.3 is 9.32 Å². The van der Waals surface area contributed by atoms with E-state index >= 15 is 0 Å². The smallest absolute Gasteiger partial charge is 0.143 e. The normalized spacial score (nSPS) is 11.8. The Kier molecular flexibility index (Phi) is 7.62. The van der Waals surface area contributed by atoms with Crippen molar-refractivity contribution in [3.05, 3.63) is 200 Å². The fraction of sp³-hybridized carbons (Fsp3) is 0. The molecule has 12 aromatic rings. The van der Waals surface area contributed by atoms with Crippen molar-refractivity contribution in [2.45, 2.75) is 0 Å². The SMILES string of the molecule is c1cc(-c2cccc3c2oc2ccccc23)cc(N(c2ccc(-c3ccc4sc5ccccc5c4c3)cc2)c2cccc(-c3cccc4c3sc3ccccc34)c2)c1. The second-order valence-corrected chi connectivity index (χ2v) is 17.0. The summed E-state index contributed by atoms with van der Waals surface area (Å²) in [5.74, 6) is 0. The molecule has 4 heteroatoms. The van der Waals surface area contributed by atoms with Gasteiger partial charge in [-0.1, -0.05) is 133 Å². The summed E-state index contributed by atoms with van der Waals surface area (Å²) in [6.45, 7) is 0. The lowest BCUT2D eigenvalue weighted by Crippen LogP contribution is -2.10. The highest BCUT2D eigenvalue weighted by molar-refractivity contribution is 7.26. The topological polar surface area (TPSA) is 16.4 Å². The lowest BCUT2D eigenvalue weighted by atomic mass is 9.99. The maximum absolute atomic E-state index is 6.52. The molecule has 0 atom stereocenters. The third-order valence-electron chi connectivity index (χ3n) is 11.5. The van der Waals surface area contributed by atoms with E-state index in [9.17, 15) is 0 Å². The first kappa shape index (κ1) is 33.2. The van der Waals surface area contributed by atoms with Crippen LogP contribution >= 0.6 is 22.7 Å². The molecule has 12 rings (SSSR count). The van der Waals surface area contributed by atoms with Crippen molar-refractivity contribution in [3.8, 4) is 33.4 Å². The molecule has 9 aromatic carbocycles. The molecule has 272 valence electrons. The first-order chi connectivity index (χ1) is 28.7. The standard InChI is InChI=1S/C54H33NOS2/c1-4-22-49-43(15-1)46-20-9-18-41(53(46)56-49)36-11-7-13-39(31-36)55(38-28-25-34(26-29-38)35-27-30-52-48(33-35)45-17-3-5-23-50(45)57-52)40-14-8-12-37(32-40)42-19-10-21-47-44-16-2-6-24-51(44)58-54(42)47/h1-33H. The molecule has 58 heavy (non-hydrogen) atoms. The molecule has 0 aliphatic carbocycles. The third kappa shape index (κ3) is 5.37. The number of hydrogen-bond acceptors (Lipinski definition) is 4. The van der Waals surface area contributed by atoms with Gasteiger partial charge in [-0.3, -0.25) is 0 Å². The molecule has 0 N–H and O–H groups in total. The summed E-state index contributed by atoms with van der Waals surface area (Å²) in [5.41, 5.74) is 12.1. The Hall–Kier alpha value is -6.98. The maximum atomic E-state index is 6.52. The van der Waals surface area contributed by atoms with Gasteiger partial charge in [0.2, 0.25) is 0 Å². The fourth-order valence-electron chi connectivity index (χ4n) is 8.73. The Bertz CT molecular complexity index is 3380. The van der Waals surface area contributed by atoms with E-state index in [1.165, 1.54) is 62.6 Å². The number of rotatable bonds is 6. The number of nitrogens with zero attached hydrogens (tertiary/aromatic N) is 1. The lowest BCUT2D eigenvalue weighted by molar-refractivity contribution is 0.670. The Morgan fingerprint density at radius 2 is 0.897 bits per heavy atom. The van der Waals surface area contributed by atoms with Gasteiger partial charge in [0.1, 0.15) is 11.2 Å². The minimum absolute atomic E-state index is 0.902. The van der Waals surface area contributed by atoms with Crippen molar-refractivity contribution in [1.29, 1.82) is 0 Å². The van der Waals surface area contributed by atoms with Crippen molar-refractivity contribution in [1.82, 2.24) is 0 Å². The first-order valence-corrected chi connectivity index (χ1v) is 21.2. The number of benzene rings is 9. The van der Waals surface area contributed by atoms with E-state index in [4.69, 9.17) is 4.42 Å². The Labute approximate surface area is 343 Å². The van der Waals surface area contributed by atoms with Gasteiger partial charge in [-0.25, -0.2) is 0 Å². The largest absolute Gasteiger partial charge is 0.455 e. The molecule has 0 aliphatic rings. The molecule has 2 nitrogen and oxygen atoms in total. The molecule has 0 bridgehead atoms. The highest BCUT2D eigenvalue weighted by Gasteiger charge is 2.18. The summed E-state index contributed by atoms with van der Waals surface area (Å²) in [6, 6.07) is 72.7. The number of fused-ring (bicyclic) bond motifs is 9. The predicted octanol–water partition coefficient (Wildman–Crippen LogP) is 16.8. The number of hydrogen-bond donors (Lipinski definition) is 0. The molecular formula is C54H33NOS2. The average Bonchev–Trinajstić information content (AvgIpc) is 3.98. The van der Waals surface area contributed by atoms with E-state index < -0.39 is 0 Å². The van der Waals surface area contributed by atoms with Gasteiger partial charge >= 0.3 is 0 Å². The second kappa shape index (κ2) is 13.3. The van der Waals surface area contributed by atoms with Crippen molar-refractivity contribution < 1.29 is 4.42 Å². The van der Waals surface area contributed by atoms with E-state index in [0.717, 1.165) is 50.1 Å². The Morgan fingerprint density at radius 3 is 1.67 bits per heavy atom. The minimum atomic E-state index is 0.902. The van der Waals surface area contributed by atoms with E-state index in [1.54, 1.807) is 0 Å². The van der Waals surface area contributed by atoms with Gasteiger partial charge in [-0.15, -0.1) is 22.7 Å². The summed E-state index contributed by atoms with van der Waals surface area (Å²) >= 11 is 3.73. The van der Waals surface area contributed by atoms with Crippen LogP contribution in [0.3, 0.4) is 0 Å². The van der Waals surface area contributed by atoms with E-state index in [0.29, 0.717) is 0 Å². The van der Waals surface area contributed by atoms with E-state index in [2.05, 4.69) is 193 Å². The molecule has 3 heterocycles. The zero-order chi connectivity index (χ0) is 38.2. The van der Waals surface area contributed by atoms with Crippen LogP contribution in [-0.4, -0.2) is 0 Å². The van der Waals surface area contributed by atoms with Crippen LogP contribution in [0.15, 0.2) is 205 Å². The Balaban J connectivity index is 1.00. The molecule has 3 aromatic heterocycles. The monoisotopic (exact) mass is 775 g/mol. The highest BCUT2D eigenvalue weighted by Crippen LogP contribution is 2.44. The molecule has 0 spiro atoms. The van der Waals surface area contributed by atoms with Crippen LogP contribution in [0, 0.1) is 0 Å². The fourth-order valence-corrected chi connectivity index (χ4v) is 11.1. The molecule has 0 unspecified atom stereocenters. The van der Waals surface area contributed by atoms with E-state index in [-0.39, 0.29) is 0 Å². The van der Waals surface area contributed by atoms with Crippen LogP contribution < -0.4 is 4.90 Å². The predicted molar refractivity (Wildman–Crippen MR) is 250 cm³/mol. The molecule has 0 amide bonds. The van der Waals surface area contributed by atoms with Crippen molar-refractivity contribution in [2.75, 3.05) is 4.90 Å². The number of furan rings is 1. The molecule has 0 fully saturated rings. The van der Waals surface area contributed by atoms with Gasteiger partial charge in [-0.05, 0) is 94.5 Å². The average molecular weight is 776 g/mol. The van der Waals surface area contributed by atoms with Gasteiger partial charge in [0.15, 0.2) is 0 Å². The van der Waals surface area contributed by atoms with Gasteiger partial charge in [0.25, 0.3) is 0 Å². The third-order valence-corrected chi connectivity index (χ3v) is 13.8. The summed E-state index contributed by atoms with van der Waals surface area (Å²) in [6.07, 6.45) is 0.